The second-order valence-electron chi connectivity index (χ2n) is 6.16. The van der Waals surface area contributed by atoms with E-state index < -0.39 is 11.7 Å². The molecule has 0 saturated carbocycles. The Morgan fingerprint density at radius 1 is 0.875 bits per heavy atom. The van der Waals surface area contributed by atoms with Crippen LogP contribution in [0.15, 0.2) is 48.5 Å². The molecule has 5 heteroatoms. The summed E-state index contributed by atoms with van der Waals surface area (Å²) in [5.41, 5.74) is 2.34. The topological polar surface area (TPSA) is 15.3 Å². The standard InChI is InChI=1S/C19H21F3N2/c1-14(24-12-10-23-11-13-24)15-2-4-16(5-3-15)17-6-8-18(9-7-17)19(20,21)22/h2-9,14,23H,10-13H2,1H3/t14-/m1/s1. The largest absolute Gasteiger partial charge is 0.416 e. The van der Waals surface area contributed by atoms with E-state index in [2.05, 4.69) is 29.3 Å². The van der Waals surface area contributed by atoms with Gasteiger partial charge in [0, 0.05) is 32.2 Å². The zero-order valence-corrected chi connectivity index (χ0v) is 13.6. The zero-order chi connectivity index (χ0) is 17.2. The summed E-state index contributed by atoms with van der Waals surface area (Å²) < 4.78 is 37.9. The van der Waals surface area contributed by atoms with Crippen molar-refractivity contribution >= 4 is 0 Å². The number of alkyl halides is 3. The second-order valence-corrected chi connectivity index (χ2v) is 6.16. The quantitative estimate of drug-likeness (QED) is 0.898. The first-order valence-electron chi connectivity index (χ1n) is 8.17. The van der Waals surface area contributed by atoms with Crippen molar-refractivity contribution in [3.63, 3.8) is 0 Å². The first kappa shape index (κ1) is 17.0. The van der Waals surface area contributed by atoms with Gasteiger partial charge in [0.25, 0.3) is 0 Å². The van der Waals surface area contributed by atoms with Crippen LogP contribution in [-0.2, 0) is 6.18 Å². The first-order chi connectivity index (χ1) is 11.4. The van der Waals surface area contributed by atoms with Crippen LogP contribution < -0.4 is 5.32 Å². The number of hydrogen-bond donors (Lipinski definition) is 1. The third-order valence-electron chi connectivity index (χ3n) is 4.64. The number of halogens is 3. The molecule has 1 atom stereocenters. The van der Waals surface area contributed by atoms with Crippen molar-refractivity contribution in [2.24, 2.45) is 0 Å². The summed E-state index contributed by atoms with van der Waals surface area (Å²) in [4.78, 5) is 2.43. The van der Waals surface area contributed by atoms with Crippen LogP contribution in [0.1, 0.15) is 24.1 Å². The van der Waals surface area contributed by atoms with E-state index in [1.54, 1.807) is 0 Å². The normalized spacial score (nSPS) is 17.7. The Labute approximate surface area is 140 Å². The molecule has 2 aromatic carbocycles. The third-order valence-corrected chi connectivity index (χ3v) is 4.64. The number of nitrogens with one attached hydrogen (secondary N) is 1. The monoisotopic (exact) mass is 334 g/mol. The van der Waals surface area contributed by atoms with Crippen LogP contribution in [0.25, 0.3) is 11.1 Å². The van der Waals surface area contributed by atoms with Crippen molar-refractivity contribution < 1.29 is 13.2 Å². The molecule has 0 bridgehead atoms. The van der Waals surface area contributed by atoms with Gasteiger partial charge in [0.05, 0.1) is 5.56 Å². The first-order valence-corrected chi connectivity index (χ1v) is 8.17. The van der Waals surface area contributed by atoms with Gasteiger partial charge in [0.15, 0.2) is 0 Å². The van der Waals surface area contributed by atoms with Gasteiger partial charge in [-0.15, -0.1) is 0 Å². The molecule has 2 aromatic rings. The van der Waals surface area contributed by atoms with Crippen molar-refractivity contribution in [2.75, 3.05) is 26.2 Å². The van der Waals surface area contributed by atoms with Gasteiger partial charge in [-0.2, -0.15) is 13.2 Å². The lowest BCUT2D eigenvalue weighted by Gasteiger charge is -2.33. The lowest BCUT2D eigenvalue weighted by Crippen LogP contribution is -2.44. The van der Waals surface area contributed by atoms with E-state index in [1.807, 2.05) is 12.1 Å². The molecule has 0 unspecified atom stereocenters. The maximum Gasteiger partial charge on any atom is 0.416 e. The third kappa shape index (κ3) is 3.79. The lowest BCUT2D eigenvalue weighted by molar-refractivity contribution is -0.137. The van der Waals surface area contributed by atoms with Crippen LogP contribution in [0.2, 0.25) is 0 Å². The molecule has 3 rings (SSSR count). The average Bonchev–Trinajstić information content (AvgIpc) is 2.61. The van der Waals surface area contributed by atoms with E-state index in [9.17, 15) is 13.2 Å². The summed E-state index contributed by atoms with van der Waals surface area (Å²) >= 11 is 0. The van der Waals surface area contributed by atoms with E-state index in [0.29, 0.717) is 6.04 Å². The number of rotatable bonds is 3. The van der Waals surface area contributed by atoms with Gasteiger partial charge in [0.1, 0.15) is 0 Å². The van der Waals surface area contributed by atoms with Gasteiger partial charge >= 0.3 is 6.18 Å². The molecule has 0 amide bonds. The lowest BCUT2D eigenvalue weighted by atomic mass is 9.99. The van der Waals surface area contributed by atoms with Crippen LogP contribution in [0.4, 0.5) is 13.2 Å². The van der Waals surface area contributed by atoms with Crippen LogP contribution in [0.5, 0.6) is 0 Å². The van der Waals surface area contributed by atoms with Gasteiger partial charge in [-0.3, -0.25) is 4.90 Å². The number of hydrogen-bond acceptors (Lipinski definition) is 2. The minimum absolute atomic E-state index is 0.341. The van der Waals surface area contributed by atoms with Crippen LogP contribution in [0.3, 0.4) is 0 Å². The molecule has 1 saturated heterocycles. The highest BCUT2D eigenvalue weighted by atomic mass is 19.4. The maximum absolute atomic E-state index is 12.6. The molecule has 0 radical (unpaired) electrons. The molecule has 1 fully saturated rings. The molecular formula is C19H21F3N2. The summed E-state index contributed by atoms with van der Waals surface area (Å²) in [5, 5.41) is 3.35. The van der Waals surface area contributed by atoms with Crippen molar-refractivity contribution in [3.05, 3.63) is 59.7 Å². The highest BCUT2D eigenvalue weighted by Crippen LogP contribution is 2.31. The van der Waals surface area contributed by atoms with E-state index in [-0.39, 0.29) is 0 Å². The molecule has 1 aliphatic heterocycles. The van der Waals surface area contributed by atoms with Crippen molar-refractivity contribution in [1.29, 1.82) is 0 Å². The minimum Gasteiger partial charge on any atom is -0.314 e. The van der Waals surface area contributed by atoms with Gasteiger partial charge in [-0.25, -0.2) is 0 Å². The molecule has 24 heavy (non-hydrogen) atoms. The number of nitrogens with zero attached hydrogens (tertiary/aromatic N) is 1. The molecule has 2 nitrogen and oxygen atoms in total. The summed E-state index contributed by atoms with van der Waals surface area (Å²) in [5.74, 6) is 0. The SMILES string of the molecule is C[C@H](c1ccc(-c2ccc(C(F)(F)F)cc2)cc1)N1CCNCC1. The fourth-order valence-electron chi connectivity index (χ4n) is 3.09. The van der Waals surface area contributed by atoms with Gasteiger partial charge in [0.2, 0.25) is 0 Å². The minimum atomic E-state index is -4.29. The van der Waals surface area contributed by atoms with E-state index in [0.717, 1.165) is 49.4 Å². The Morgan fingerprint density at radius 2 is 1.38 bits per heavy atom. The smallest absolute Gasteiger partial charge is 0.314 e. The fraction of sp³-hybridized carbons (Fsp3) is 0.368. The van der Waals surface area contributed by atoms with Crippen molar-refractivity contribution in [3.8, 4) is 11.1 Å². The summed E-state index contributed by atoms with van der Waals surface area (Å²) in [6.07, 6.45) is -4.29. The van der Waals surface area contributed by atoms with Crippen LogP contribution in [0, 0.1) is 0 Å². The predicted molar refractivity (Wildman–Crippen MR) is 89.7 cm³/mol. The van der Waals surface area contributed by atoms with E-state index >= 15 is 0 Å². The Hall–Kier alpha value is -1.85. The number of benzene rings is 2. The highest BCUT2D eigenvalue weighted by molar-refractivity contribution is 5.64. The van der Waals surface area contributed by atoms with Crippen LogP contribution >= 0.6 is 0 Å². The Balaban J connectivity index is 1.74. The average molecular weight is 334 g/mol. The molecule has 0 aliphatic carbocycles. The van der Waals surface area contributed by atoms with E-state index in [1.165, 1.54) is 17.7 Å². The molecule has 1 heterocycles. The van der Waals surface area contributed by atoms with Gasteiger partial charge in [-0.1, -0.05) is 36.4 Å². The number of piperazine rings is 1. The predicted octanol–water partition coefficient (Wildman–Crippen LogP) is 4.34. The second kappa shape index (κ2) is 6.95. The fourth-order valence-corrected chi connectivity index (χ4v) is 3.09. The van der Waals surface area contributed by atoms with Gasteiger partial charge in [-0.05, 0) is 35.7 Å². The van der Waals surface area contributed by atoms with Gasteiger partial charge < -0.3 is 5.32 Å². The molecule has 1 aliphatic rings. The maximum atomic E-state index is 12.6. The summed E-state index contributed by atoms with van der Waals surface area (Å²) in [6, 6.07) is 13.8. The van der Waals surface area contributed by atoms with Crippen molar-refractivity contribution in [1.82, 2.24) is 10.2 Å². The Morgan fingerprint density at radius 3 is 1.88 bits per heavy atom. The summed E-state index contributed by atoms with van der Waals surface area (Å²) in [7, 11) is 0. The Bertz CT molecular complexity index is 657. The molecule has 128 valence electrons. The van der Waals surface area contributed by atoms with Crippen molar-refractivity contribution in [2.45, 2.75) is 19.1 Å². The molecular weight excluding hydrogens is 313 g/mol. The molecule has 1 N–H and O–H groups in total. The van der Waals surface area contributed by atoms with E-state index in [4.69, 9.17) is 0 Å². The highest BCUT2D eigenvalue weighted by Gasteiger charge is 2.29. The van der Waals surface area contributed by atoms with Crippen LogP contribution in [-0.4, -0.2) is 31.1 Å². The summed E-state index contributed by atoms with van der Waals surface area (Å²) in [6.45, 7) is 6.27. The Kier molecular flexibility index (Phi) is 4.92. The zero-order valence-electron chi connectivity index (χ0n) is 13.6. The molecule has 0 spiro atoms. The molecule has 0 aromatic heterocycles.